The van der Waals surface area contributed by atoms with Crippen LogP contribution in [0, 0.1) is 0 Å². The maximum atomic E-state index is 12.8. The number of benzene rings is 2. The van der Waals surface area contributed by atoms with E-state index >= 15 is 0 Å². The van der Waals surface area contributed by atoms with Gasteiger partial charge in [-0.05, 0) is 42.8 Å². The van der Waals surface area contributed by atoms with Crippen molar-refractivity contribution < 1.29 is 37.3 Å². The predicted molar refractivity (Wildman–Crippen MR) is 118 cm³/mol. The van der Waals surface area contributed by atoms with E-state index in [-0.39, 0.29) is 24.1 Å². The van der Waals surface area contributed by atoms with Crippen molar-refractivity contribution in [3.63, 3.8) is 0 Å². The highest BCUT2D eigenvalue weighted by Gasteiger charge is 2.31. The lowest BCUT2D eigenvalue weighted by atomic mass is 10.1. The molecule has 0 aromatic heterocycles. The molecule has 2 aromatic rings. The molecule has 11 heteroatoms. The molecule has 1 atom stereocenters. The molecule has 1 aliphatic heterocycles. The smallest absolute Gasteiger partial charge is 0.482 e. The van der Waals surface area contributed by atoms with Crippen LogP contribution in [0.25, 0.3) is 0 Å². The van der Waals surface area contributed by atoms with Crippen molar-refractivity contribution >= 4 is 23.5 Å². The van der Waals surface area contributed by atoms with E-state index in [2.05, 4.69) is 9.64 Å². The number of ether oxygens (including phenoxy) is 2. The van der Waals surface area contributed by atoms with E-state index in [9.17, 15) is 22.8 Å². The number of carbonyl (C=O) groups excluding carboxylic acids is 1. The van der Waals surface area contributed by atoms with Crippen LogP contribution in [0.2, 0.25) is 5.02 Å². The number of alkyl halides is 3. The third kappa shape index (κ3) is 7.53. The van der Waals surface area contributed by atoms with Crippen LogP contribution in [0.15, 0.2) is 42.5 Å². The Labute approximate surface area is 199 Å². The number of carboxylic acids is 1. The molecule has 0 aliphatic carbocycles. The molecule has 0 spiro atoms. The zero-order chi connectivity index (χ0) is 24.9. The number of amides is 1. The quantitative estimate of drug-likeness (QED) is 0.591. The first-order valence-electron chi connectivity index (χ1n) is 10.5. The highest BCUT2D eigenvalue weighted by atomic mass is 35.5. The number of aliphatic carboxylic acids is 1. The largest absolute Gasteiger partial charge is 0.573 e. The summed E-state index contributed by atoms with van der Waals surface area (Å²) in [7, 11) is 0. The number of carboxylic acid groups (broad SMARTS) is 1. The monoisotopic (exact) mass is 500 g/mol. The second kappa shape index (κ2) is 11.0. The third-order valence-corrected chi connectivity index (χ3v) is 5.55. The second-order valence-electron chi connectivity index (χ2n) is 7.97. The molecule has 1 heterocycles. The summed E-state index contributed by atoms with van der Waals surface area (Å²) in [5, 5.41) is 9.38. The summed E-state index contributed by atoms with van der Waals surface area (Å²) in [6.45, 7) is 3.57. The lowest BCUT2D eigenvalue weighted by Gasteiger charge is -2.40. The molecule has 1 saturated heterocycles. The van der Waals surface area contributed by atoms with Crippen molar-refractivity contribution in [2.45, 2.75) is 32.3 Å². The van der Waals surface area contributed by atoms with E-state index in [4.69, 9.17) is 21.4 Å². The van der Waals surface area contributed by atoms with Crippen LogP contribution < -0.4 is 9.47 Å². The number of rotatable bonds is 8. The van der Waals surface area contributed by atoms with Crippen LogP contribution in [0.4, 0.5) is 13.2 Å². The average Bonchev–Trinajstić information content (AvgIpc) is 2.73. The van der Waals surface area contributed by atoms with Crippen LogP contribution in [-0.2, 0) is 22.6 Å². The zero-order valence-corrected chi connectivity index (χ0v) is 19.1. The van der Waals surface area contributed by atoms with E-state index in [1.165, 1.54) is 24.3 Å². The van der Waals surface area contributed by atoms with Crippen molar-refractivity contribution in [3.8, 4) is 11.5 Å². The molecule has 0 saturated carbocycles. The summed E-state index contributed by atoms with van der Waals surface area (Å²) >= 11 is 6.10. The molecule has 1 N–H and O–H groups in total. The van der Waals surface area contributed by atoms with Crippen molar-refractivity contribution in [2.75, 3.05) is 26.2 Å². The van der Waals surface area contributed by atoms with Crippen molar-refractivity contribution in [1.82, 2.24) is 9.80 Å². The molecule has 7 nitrogen and oxygen atoms in total. The summed E-state index contributed by atoms with van der Waals surface area (Å²) in [6, 6.07) is 10.1. The molecule has 1 aliphatic rings. The minimum absolute atomic E-state index is 0.0676. The number of halogens is 4. The molecular weight excluding hydrogens is 477 g/mol. The van der Waals surface area contributed by atoms with Gasteiger partial charge in [-0.1, -0.05) is 23.7 Å². The Morgan fingerprint density at radius 3 is 2.47 bits per heavy atom. The van der Waals surface area contributed by atoms with Crippen LogP contribution in [0.1, 0.15) is 18.1 Å². The van der Waals surface area contributed by atoms with Crippen molar-refractivity contribution in [3.05, 3.63) is 58.6 Å². The van der Waals surface area contributed by atoms with E-state index in [0.717, 1.165) is 5.56 Å². The number of hydrogen-bond donors (Lipinski definition) is 1. The lowest BCUT2D eigenvalue weighted by Crippen LogP contribution is -2.54. The van der Waals surface area contributed by atoms with E-state index < -0.39 is 18.9 Å². The van der Waals surface area contributed by atoms with Gasteiger partial charge in [0.15, 0.2) is 6.61 Å². The van der Waals surface area contributed by atoms with Crippen LogP contribution >= 0.6 is 11.6 Å². The Morgan fingerprint density at radius 1 is 1.15 bits per heavy atom. The lowest BCUT2D eigenvalue weighted by molar-refractivity contribution is -0.274. The molecule has 184 valence electrons. The Kier molecular flexibility index (Phi) is 8.27. The Bertz CT molecular complexity index is 1020. The molecule has 34 heavy (non-hydrogen) atoms. The summed E-state index contributed by atoms with van der Waals surface area (Å²) in [5.74, 6) is -1.09. The van der Waals surface area contributed by atoms with Gasteiger partial charge in [0.25, 0.3) is 0 Å². The standard InChI is InChI=1S/C23H24ClF3N2O5/c1-15-12-28(13-17-11-18(24)4-7-20(17)33-14-22(31)32)8-9-29(15)21(30)10-16-2-5-19(6-3-16)34-23(25,26)27/h2-7,11,15H,8-10,12-14H2,1H3,(H,31,32)/t15-/m0/s1. The van der Waals surface area contributed by atoms with Gasteiger partial charge in [0.05, 0.1) is 6.42 Å². The number of piperazine rings is 1. The molecule has 3 rings (SSSR count). The molecule has 1 fully saturated rings. The summed E-state index contributed by atoms with van der Waals surface area (Å²) in [6.07, 6.45) is -4.70. The zero-order valence-electron chi connectivity index (χ0n) is 18.3. The Balaban J connectivity index is 1.57. The summed E-state index contributed by atoms with van der Waals surface area (Å²) < 4.78 is 46.1. The van der Waals surface area contributed by atoms with Gasteiger partial charge in [0.1, 0.15) is 11.5 Å². The third-order valence-electron chi connectivity index (χ3n) is 5.31. The SMILES string of the molecule is C[C@H]1CN(Cc2cc(Cl)ccc2OCC(=O)O)CCN1C(=O)Cc1ccc(OC(F)(F)F)cc1. The van der Waals surface area contributed by atoms with Gasteiger partial charge in [-0.25, -0.2) is 4.79 Å². The minimum Gasteiger partial charge on any atom is -0.482 e. The first-order valence-corrected chi connectivity index (χ1v) is 10.9. The topological polar surface area (TPSA) is 79.3 Å². The summed E-state index contributed by atoms with van der Waals surface area (Å²) in [4.78, 5) is 27.5. The second-order valence-corrected chi connectivity index (χ2v) is 8.41. The van der Waals surface area contributed by atoms with Gasteiger partial charge < -0.3 is 19.5 Å². The molecule has 2 aromatic carbocycles. The Morgan fingerprint density at radius 2 is 1.85 bits per heavy atom. The fourth-order valence-electron chi connectivity index (χ4n) is 3.83. The minimum atomic E-state index is -4.76. The van der Waals surface area contributed by atoms with Gasteiger partial charge in [0, 0.05) is 42.8 Å². The summed E-state index contributed by atoms with van der Waals surface area (Å²) in [5.41, 5.74) is 1.34. The fourth-order valence-corrected chi connectivity index (χ4v) is 4.02. The van der Waals surface area contributed by atoms with Crippen LogP contribution in [0.5, 0.6) is 11.5 Å². The van der Waals surface area contributed by atoms with E-state index in [1.807, 2.05) is 6.92 Å². The molecular formula is C23H24ClF3N2O5. The Hall–Kier alpha value is -2.98. The molecule has 0 radical (unpaired) electrons. The number of hydrogen-bond acceptors (Lipinski definition) is 5. The molecule has 1 amide bonds. The highest BCUT2D eigenvalue weighted by molar-refractivity contribution is 6.30. The maximum absolute atomic E-state index is 12.8. The molecule has 0 unspecified atom stereocenters. The van der Waals surface area contributed by atoms with E-state index in [1.54, 1.807) is 23.1 Å². The number of nitrogens with zero attached hydrogens (tertiary/aromatic N) is 2. The number of carbonyl (C=O) groups is 2. The van der Waals surface area contributed by atoms with Crippen LogP contribution in [0.3, 0.4) is 0 Å². The van der Waals surface area contributed by atoms with Gasteiger partial charge in [-0.2, -0.15) is 0 Å². The normalized spacial score (nSPS) is 16.9. The predicted octanol–water partition coefficient (Wildman–Crippen LogP) is 3.98. The van der Waals surface area contributed by atoms with Crippen molar-refractivity contribution in [2.24, 2.45) is 0 Å². The van der Waals surface area contributed by atoms with Crippen LogP contribution in [-0.4, -0.2) is 65.4 Å². The van der Waals surface area contributed by atoms with Gasteiger partial charge in [-0.3, -0.25) is 9.69 Å². The maximum Gasteiger partial charge on any atom is 0.573 e. The highest BCUT2D eigenvalue weighted by Crippen LogP contribution is 2.26. The molecule has 0 bridgehead atoms. The first kappa shape index (κ1) is 25.6. The fraction of sp³-hybridized carbons (Fsp3) is 0.391. The van der Waals surface area contributed by atoms with Gasteiger partial charge >= 0.3 is 12.3 Å². The average molecular weight is 501 g/mol. The van der Waals surface area contributed by atoms with E-state index in [0.29, 0.717) is 42.5 Å². The van der Waals surface area contributed by atoms with Crippen molar-refractivity contribution in [1.29, 1.82) is 0 Å². The van der Waals surface area contributed by atoms with Gasteiger partial charge in [-0.15, -0.1) is 13.2 Å². The first-order chi connectivity index (χ1) is 16.0. The van der Waals surface area contributed by atoms with Gasteiger partial charge in [0.2, 0.25) is 5.91 Å².